The minimum atomic E-state index is -0.469. The van der Waals surface area contributed by atoms with E-state index >= 15 is 0 Å². The molecule has 0 atom stereocenters. The third kappa shape index (κ3) is 3.78. The Bertz CT molecular complexity index is 984. The first-order chi connectivity index (χ1) is 11.9. The SMILES string of the molecule is Nc1nc(-c2cccc([N+](=O)[O-])c2)cn1N=Cc1cc(Cl)ccc1Cl. The van der Waals surface area contributed by atoms with Crippen LogP contribution in [0.3, 0.4) is 0 Å². The van der Waals surface area contributed by atoms with E-state index < -0.39 is 4.92 Å². The molecule has 0 aliphatic rings. The predicted molar refractivity (Wildman–Crippen MR) is 98.2 cm³/mol. The molecule has 0 fully saturated rings. The molecule has 2 aromatic carbocycles. The van der Waals surface area contributed by atoms with Gasteiger partial charge < -0.3 is 5.73 Å². The van der Waals surface area contributed by atoms with Crippen molar-refractivity contribution in [2.24, 2.45) is 5.10 Å². The lowest BCUT2D eigenvalue weighted by Gasteiger charge is -1.99. The van der Waals surface area contributed by atoms with Crippen molar-refractivity contribution in [1.29, 1.82) is 0 Å². The van der Waals surface area contributed by atoms with Crippen molar-refractivity contribution in [3.63, 3.8) is 0 Å². The second-order valence-electron chi connectivity index (χ2n) is 5.05. The average Bonchev–Trinajstić information content (AvgIpc) is 2.97. The maximum absolute atomic E-state index is 10.9. The zero-order valence-corrected chi connectivity index (χ0v) is 14.1. The van der Waals surface area contributed by atoms with Crippen LogP contribution in [0, 0.1) is 10.1 Å². The summed E-state index contributed by atoms with van der Waals surface area (Å²) in [4.78, 5) is 14.6. The first-order valence-electron chi connectivity index (χ1n) is 7.03. The summed E-state index contributed by atoms with van der Waals surface area (Å²) < 4.78 is 1.35. The lowest BCUT2D eigenvalue weighted by Crippen LogP contribution is -1.97. The molecule has 0 bridgehead atoms. The summed E-state index contributed by atoms with van der Waals surface area (Å²) in [7, 11) is 0. The van der Waals surface area contributed by atoms with Crippen molar-refractivity contribution in [3.8, 4) is 11.3 Å². The molecule has 0 aliphatic carbocycles. The van der Waals surface area contributed by atoms with Crippen molar-refractivity contribution < 1.29 is 4.92 Å². The fourth-order valence-electron chi connectivity index (χ4n) is 2.13. The first kappa shape index (κ1) is 16.9. The standard InChI is InChI=1S/C16H11Cl2N5O2/c17-12-4-5-14(18)11(6-12)8-20-22-9-15(21-16(22)19)10-2-1-3-13(7-10)23(24)25/h1-9H,(H2,19,21). The van der Waals surface area contributed by atoms with Gasteiger partial charge in [0, 0.05) is 33.3 Å². The third-order valence-electron chi connectivity index (χ3n) is 3.35. The number of imidazole rings is 1. The molecule has 25 heavy (non-hydrogen) atoms. The van der Waals surface area contributed by atoms with Crippen molar-refractivity contribution >= 4 is 41.1 Å². The molecule has 126 valence electrons. The molecule has 1 aromatic heterocycles. The van der Waals surface area contributed by atoms with E-state index in [1.54, 1.807) is 36.5 Å². The van der Waals surface area contributed by atoms with Gasteiger partial charge in [0.15, 0.2) is 0 Å². The number of benzene rings is 2. The summed E-state index contributed by atoms with van der Waals surface area (Å²) in [6.07, 6.45) is 3.08. The van der Waals surface area contributed by atoms with Crippen molar-refractivity contribution in [2.45, 2.75) is 0 Å². The number of nitrogen functional groups attached to an aromatic ring is 1. The van der Waals surface area contributed by atoms with E-state index in [0.29, 0.717) is 26.9 Å². The maximum Gasteiger partial charge on any atom is 0.270 e. The van der Waals surface area contributed by atoms with Crippen molar-refractivity contribution in [2.75, 3.05) is 5.73 Å². The summed E-state index contributed by atoms with van der Waals surface area (Å²) in [5, 5.41) is 16.1. The fourth-order valence-corrected chi connectivity index (χ4v) is 2.48. The van der Waals surface area contributed by atoms with Crippen LogP contribution in [-0.2, 0) is 0 Å². The summed E-state index contributed by atoms with van der Waals surface area (Å²) in [5.41, 5.74) is 7.48. The monoisotopic (exact) mass is 375 g/mol. The lowest BCUT2D eigenvalue weighted by molar-refractivity contribution is -0.384. The topological polar surface area (TPSA) is 99.3 Å². The zero-order chi connectivity index (χ0) is 18.0. The molecule has 2 N–H and O–H groups in total. The van der Waals surface area contributed by atoms with E-state index in [1.807, 2.05) is 0 Å². The first-order valence-corrected chi connectivity index (χ1v) is 7.79. The molecular weight excluding hydrogens is 365 g/mol. The maximum atomic E-state index is 10.9. The molecule has 0 radical (unpaired) electrons. The molecular formula is C16H11Cl2N5O2. The lowest BCUT2D eigenvalue weighted by atomic mass is 10.1. The number of hydrogen-bond acceptors (Lipinski definition) is 5. The summed E-state index contributed by atoms with van der Waals surface area (Å²) in [6, 6.07) is 11.1. The number of anilines is 1. The Kier molecular flexibility index (Phi) is 4.69. The Hall–Kier alpha value is -2.90. The van der Waals surface area contributed by atoms with E-state index in [1.165, 1.54) is 23.0 Å². The molecule has 0 saturated carbocycles. The van der Waals surface area contributed by atoms with E-state index in [0.717, 1.165) is 0 Å². The van der Waals surface area contributed by atoms with Crippen LogP contribution in [0.15, 0.2) is 53.8 Å². The molecule has 0 saturated heterocycles. The van der Waals surface area contributed by atoms with Crippen LogP contribution in [0.25, 0.3) is 11.3 Å². The highest BCUT2D eigenvalue weighted by molar-refractivity contribution is 6.35. The van der Waals surface area contributed by atoms with Gasteiger partial charge in [0.05, 0.1) is 23.0 Å². The Morgan fingerprint density at radius 2 is 2.04 bits per heavy atom. The predicted octanol–water partition coefficient (Wildman–Crippen LogP) is 4.23. The largest absolute Gasteiger partial charge is 0.368 e. The number of aromatic nitrogens is 2. The summed E-state index contributed by atoms with van der Waals surface area (Å²) >= 11 is 12.0. The van der Waals surface area contributed by atoms with E-state index in [9.17, 15) is 10.1 Å². The van der Waals surface area contributed by atoms with Gasteiger partial charge >= 0.3 is 0 Å². The van der Waals surface area contributed by atoms with Gasteiger partial charge in [-0.15, -0.1) is 0 Å². The second-order valence-corrected chi connectivity index (χ2v) is 5.89. The highest BCUT2D eigenvalue weighted by atomic mass is 35.5. The smallest absolute Gasteiger partial charge is 0.270 e. The Balaban J connectivity index is 1.93. The van der Waals surface area contributed by atoms with Crippen LogP contribution in [-0.4, -0.2) is 20.8 Å². The summed E-state index contributed by atoms with van der Waals surface area (Å²) in [5.74, 6) is 0.135. The minimum Gasteiger partial charge on any atom is -0.368 e. The van der Waals surface area contributed by atoms with Crippen LogP contribution in [0.4, 0.5) is 11.6 Å². The van der Waals surface area contributed by atoms with Crippen molar-refractivity contribution in [1.82, 2.24) is 9.66 Å². The molecule has 0 spiro atoms. The van der Waals surface area contributed by atoms with Gasteiger partial charge in [-0.1, -0.05) is 35.3 Å². The normalized spacial score (nSPS) is 11.1. The number of non-ortho nitro benzene ring substituents is 1. The van der Waals surface area contributed by atoms with Gasteiger partial charge in [-0.25, -0.2) is 9.66 Å². The third-order valence-corrected chi connectivity index (χ3v) is 3.93. The number of nitrogens with zero attached hydrogens (tertiary/aromatic N) is 4. The van der Waals surface area contributed by atoms with Crippen LogP contribution in [0.2, 0.25) is 10.0 Å². The summed E-state index contributed by atoms with van der Waals surface area (Å²) in [6.45, 7) is 0. The molecule has 0 aliphatic heterocycles. The molecule has 1 heterocycles. The quantitative estimate of drug-likeness (QED) is 0.418. The van der Waals surface area contributed by atoms with Gasteiger partial charge in [0.1, 0.15) is 0 Å². The van der Waals surface area contributed by atoms with E-state index in [2.05, 4.69) is 10.1 Å². The number of hydrogen-bond donors (Lipinski definition) is 1. The Labute approximate surface area is 152 Å². The molecule has 0 unspecified atom stereocenters. The van der Waals surface area contributed by atoms with Gasteiger partial charge in [0.25, 0.3) is 5.69 Å². The van der Waals surface area contributed by atoms with E-state index in [-0.39, 0.29) is 11.6 Å². The van der Waals surface area contributed by atoms with Crippen LogP contribution < -0.4 is 5.73 Å². The van der Waals surface area contributed by atoms with Gasteiger partial charge in [-0.2, -0.15) is 5.10 Å². The van der Waals surface area contributed by atoms with Gasteiger partial charge in [-0.05, 0) is 18.2 Å². The Morgan fingerprint density at radius 1 is 1.24 bits per heavy atom. The average molecular weight is 376 g/mol. The van der Waals surface area contributed by atoms with Gasteiger partial charge in [0.2, 0.25) is 5.95 Å². The van der Waals surface area contributed by atoms with Crippen LogP contribution in [0.1, 0.15) is 5.56 Å². The number of nitrogens with two attached hydrogens (primary N) is 1. The molecule has 9 heteroatoms. The highest BCUT2D eigenvalue weighted by Crippen LogP contribution is 2.24. The Morgan fingerprint density at radius 3 is 2.80 bits per heavy atom. The molecule has 3 rings (SSSR count). The highest BCUT2D eigenvalue weighted by Gasteiger charge is 2.11. The van der Waals surface area contributed by atoms with Crippen molar-refractivity contribution in [3.05, 3.63) is 74.4 Å². The van der Waals surface area contributed by atoms with Crippen LogP contribution >= 0.6 is 23.2 Å². The number of nitro benzene ring substituents is 1. The van der Waals surface area contributed by atoms with Crippen LogP contribution in [0.5, 0.6) is 0 Å². The second kappa shape index (κ2) is 6.92. The molecule has 0 amide bonds. The van der Waals surface area contributed by atoms with E-state index in [4.69, 9.17) is 28.9 Å². The minimum absolute atomic E-state index is 0.0279. The van der Waals surface area contributed by atoms with Gasteiger partial charge in [-0.3, -0.25) is 10.1 Å². The number of nitro groups is 1. The number of rotatable bonds is 4. The number of halogens is 2. The molecule has 7 nitrogen and oxygen atoms in total. The fraction of sp³-hybridized carbons (Fsp3) is 0. The zero-order valence-electron chi connectivity index (χ0n) is 12.6. The molecule has 3 aromatic rings.